The van der Waals surface area contributed by atoms with E-state index < -0.39 is 6.04 Å². The lowest BCUT2D eigenvalue weighted by molar-refractivity contribution is 0.0657. The molecule has 4 rings (SSSR count). The van der Waals surface area contributed by atoms with E-state index >= 15 is 0 Å². The second kappa shape index (κ2) is 14.2. The monoisotopic (exact) mass is 553 g/mol. The first-order chi connectivity index (χ1) is 19.8. The lowest BCUT2D eigenvalue weighted by atomic mass is 10.0. The number of unbranched alkanes of at least 4 members (excludes halogenated alkanes) is 3. The number of carbonyl (C=O) groups is 1. The lowest BCUT2D eigenvalue weighted by Gasteiger charge is -2.31. The van der Waals surface area contributed by atoms with Crippen molar-refractivity contribution in [2.24, 2.45) is 0 Å². The molecule has 1 amide bonds. The summed E-state index contributed by atoms with van der Waals surface area (Å²) in [6, 6.07) is 21.0. The SMILES string of the molecule is CCCCCCc1ccc(C(=O)N(CCCOC)C(C)c2nc3ccccc3c(=O)n2-c2ccc(C)cc2C)cc1. The van der Waals surface area contributed by atoms with Crippen LogP contribution in [0.4, 0.5) is 0 Å². The maximum Gasteiger partial charge on any atom is 0.266 e. The Morgan fingerprint density at radius 3 is 2.44 bits per heavy atom. The highest BCUT2D eigenvalue weighted by Crippen LogP contribution is 2.26. The molecule has 0 N–H and O–H groups in total. The maximum atomic E-state index is 14.0. The average molecular weight is 554 g/mol. The Hall–Kier alpha value is -3.77. The molecule has 4 aromatic rings. The Bertz CT molecular complexity index is 1520. The fraction of sp³-hybridized carbons (Fsp3) is 0.400. The number of aromatic nitrogens is 2. The number of hydrogen-bond donors (Lipinski definition) is 0. The third-order valence-corrected chi connectivity index (χ3v) is 7.76. The molecule has 0 fully saturated rings. The first kappa shape index (κ1) is 30.2. The van der Waals surface area contributed by atoms with Gasteiger partial charge in [0, 0.05) is 25.8 Å². The molecule has 1 unspecified atom stereocenters. The molecule has 41 heavy (non-hydrogen) atoms. The van der Waals surface area contributed by atoms with Crippen LogP contribution in [0.2, 0.25) is 0 Å². The van der Waals surface area contributed by atoms with Gasteiger partial charge in [-0.15, -0.1) is 0 Å². The molecule has 0 aliphatic rings. The number of aryl methyl sites for hydroxylation is 3. The van der Waals surface area contributed by atoms with Crippen molar-refractivity contribution in [2.75, 3.05) is 20.3 Å². The van der Waals surface area contributed by atoms with Crippen molar-refractivity contribution in [3.63, 3.8) is 0 Å². The summed E-state index contributed by atoms with van der Waals surface area (Å²) in [6.45, 7) is 9.22. The summed E-state index contributed by atoms with van der Waals surface area (Å²) in [6.07, 6.45) is 6.54. The standard InChI is InChI=1S/C35H43N3O3/c1-6-7-8-9-13-28-17-19-29(20-18-28)34(39)37(22-12-23-41-5)27(4)33-36-31-15-11-10-14-30(31)35(40)38(33)32-21-16-25(2)24-26(32)3/h10-11,14-21,24,27H,6-9,12-13,22-23H2,1-5H3. The molecule has 0 bridgehead atoms. The molecule has 1 heterocycles. The highest BCUT2D eigenvalue weighted by molar-refractivity contribution is 5.94. The minimum Gasteiger partial charge on any atom is -0.385 e. The first-order valence-corrected chi connectivity index (χ1v) is 14.8. The molecule has 0 saturated carbocycles. The van der Waals surface area contributed by atoms with E-state index in [2.05, 4.69) is 25.1 Å². The summed E-state index contributed by atoms with van der Waals surface area (Å²) < 4.78 is 7.01. The summed E-state index contributed by atoms with van der Waals surface area (Å²) in [5, 5.41) is 0.551. The summed E-state index contributed by atoms with van der Waals surface area (Å²) >= 11 is 0. The van der Waals surface area contributed by atoms with E-state index in [0.717, 1.165) is 29.7 Å². The summed E-state index contributed by atoms with van der Waals surface area (Å²) in [7, 11) is 1.66. The fourth-order valence-electron chi connectivity index (χ4n) is 5.44. The van der Waals surface area contributed by atoms with E-state index in [9.17, 15) is 9.59 Å². The van der Waals surface area contributed by atoms with Gasteiger partial charge in [0.15, 0.2) is 0 Å². The predicted molar refractivity (Wildman–Crippen MR) is 167 cm³/mol. The topological polar surface area (TPSA) is 64.4 Å². The minimum absolute atomic E-state index is 0.0827. The highest BCUT2D eigenvalue weighted by atomic mass is 16.5. The van der Waals surface area contributed by atoms with Gasteiger partial charge in [-0.05, 0) is 81.5 Å². The van der Waals surface area contributed by atoms with Crippen molar-refractivity contribution in [3.8, 4) is 5.69 Å². The van der Waals surface area contributed by atoms with Crippen molar-refractivity contribution in [1.29, 1.82) is 0 Å². The van der Waals surface area contributed by atoms with Gasteiger partial charge in [-0.1, -0.05) is 68.1 Å². The van der Waals surface area contributed by atoms with E-state index in [4.69, 9.17) is 9.72 Å². The fourth-order valence-corrected chi connectivity index (χ4v) is 5.44. The number of rotatable bonds is 13. The van der Waals surface area contributed by atoms with Gasteiger partial charge in [0.25, 0.3) is 11.5 Å². The Morgan fingerprint density at radius 1 is 0.976 bits per heavy atom. The Labute approximate surface area is 244 Å². The second-order valence-electron chi connectivity index (χ2n) is 10.9. The lowest BCUT2D eigenvalue weighted by Crippen LogP contribution is -2.38. The van der Waals surface area contributed by atoms with Gasteiger partial charge >= 0.3 is 0 Å². The van der Waals surface area contributed by atoms with Gasteiger partial charge in [0.2, 0.25) is 0 Å². The zero-order valence-corrected chi connectivity index (χ0v) is 25.2. The summed E-state index contributed by atoms with van der Waals surface area (Å²) in [4.78, 5) is 34.8. The van der Waals surface area contributed by atoms with Crippen LogP contribution in [0.15, 0.2) is 71.5 Å². The van der Waals surface area contributed by atoms with E-state index in [-0.39, 0.29) is 11.5 Å². The molecule has 6 nitrogen and oxygen atoms in total. The van der Waals surface area contributed by atoms with E-state index in [1.54, 1.807) is 11.7 Å². The number of nitrogens with zero attached hydrogens (tertiary/aromatic N) is 3. The molecule has 216 valence electrons. The van der Waals surface area contributed by atoms with Gasteiger partial charge in [-0.3, -0.25) is 14.2 Å². The Kier molecular flexibility index (Phi) is 10.5. The molecule has 0 radical (unpaired) electrons. The molecular weight excluding hydrogens is 510 g/mol. The first-order valence-electron chi connectivity index (χ1n) is 14.8. The zero-order chi connectivity index (χ0) is 29.4. The second-order valence-corrected chi connectivity index (χ2v) is 10.9. The molecule has 1 aromatic heterocycles. The predicted octanol–water partition coefficient (Wildman–Crippen LogP) is 7.37. The quantitative estimate of drug-likeness (QED) is 0.162. The number of benzene rings is 3. The van der Waals surface area contributed by atoms with Crippen molar-refractivity contribution in [1.82, 2.24) is 14.5 Å². The maximum absolute atomic E-state index is 14.0. The van der Waals surface area contributed by atoms with Gasteiger partial charge in [0.05, 0.1) is 22.6 Å². The molecule has 1 atom stereocenters. The van der Waals surface area contributed by atoms with Gasteiger partial charge < -0.3 is 9.64 Å². The van der Waals surface area contributed by atoms with E-state index in [0.29, 0.717) is 41.9 Å². The van der Waals surface area contributed by atoms with Gasteiger partial charge in [0.1, 0.15) is 5.82 Å². The molecule has 0 saturated heterocycles. The van der Waals surface area contributed by atoms with Gasteiger partial charge in [-0.2, -0.15) is 0 Å². The van der Waals surface area contributed by atoms with Crippen LogP contribution >= 0.6 is 0 Å². The minimum atomic E-state index is -0.467. The third kappa shape index (κ3) is 7.12. The van der Waals surface area contributed by atoms with Crippen molar-refractivity contribution in [2.45, 2.75) is 72.3 Å². The number of amides is 1. The number of para-hydroxylation sites is 1. The summed E-state index contributed by atoms with van der Waals surface area (Å²) in [5.74, 6) is 0.458. The number of hydrogen-bond acceptors (Lipinski definition) is 4. The van der Waals surface area contributed by atoms with Crippen LogP contribution in [0.3, 0.4) is 0 Å². The van der Waals surface area contributed by atoms with Crippen LogP contribution in [0.5, 0.6) is 0 Å². The van der Waals surface area contributed by atoms with Gasteiger partial charge in [-0.25, -0.2) is 4.98 Å². The van der Waals surface area contributed by atoms with E-state index in [1.165, 1.54) is 24.8 Å². The number of ether oxygens (including phenoxy) is 1. The highest BCUT2D eigenvalue weighted by Gasteiger charge is 2.28. The van der Waals surface area contributed by atoms with Crippen LogP contribution < -0.4 is 5.56 Å². The smallest absolute Gasteiger partial charge is 0.266 e. The summed E-state index contributed by atoms with van der Waals surface area (Å²) in [5.41, 5.74) is 5.23. The Balaban J connectivity index is 1.76. The van der Waals surface area contributed by atoms with Crippen LogP contribution in [-0.2, 0) is 11.2 Å². The number of methoxy groups -OCH3 is 1. The molecule has 3 aromatic carbocycles. The molecule has 6 heteroatoms. The van der Waals surface area contributed by atoms with Crippen molar-refractivity contribution >= 4 is 16.8 Å². The average Bonchev–Trinajstić information content (AvgIpc) is 2.98. The molecule has 0 aliphatic carbocycles. The van der Waals surface area contributed by atoms with Crippen LogP contribution in [0.25, 0.3) is 16.6 Å². The van der Waals surface area contributed by atoms with Crippen molar-refractivity contribution < 1.29 is 9.53 Å². The Morgan fingerprint density at radius 2 is 1.73 bits per heavy atom. The van der Waals surface area contributed by atoms with Crippen molar-refractivity contribution in [3.05, 3.63) is 105 Å². The van der Waals surface area contributed by atoms with Crippen LogP contribution in [-0.4, -0.2) is 40.6 Å². The number of carbonyl (C=O) groups excluding carboxylic acids is 1. The molecular formula is C35H43N3O3. The molecule has 0 spiro atoms. The van der Waals surface area contributed by atoms with Crippen LogP contribution in [0.1, 0.15) is 84.9 Å². The van der Waals surface area contributed by atoms with Crippen LogP contribution in [0, 0.1) is 13.8 Å². The largest absolute Gasteiger partial charge is 0.385 e. The normalized spacial score (nSPS) is 12.0. The zero-order valence-electron chi connectivity index (χ0n) is 25.2. The number of fused-ring (bicyclic) bond motifs is 1. The third-order valence-electron chi connectivity index (χ3n) is 7.76. The van der Waals surface area contributed by atoms with E-state index in [1.807, 2.05) is 74.2 Å². The molecule has 0 aliphatic heterocycles.